The number of carbonyl (C=O) groups excluding carboxylic acids is 4. The third-order valence-electron chi connectivity index (χ3n) is 6.45. The standard InChI is InChI=1S/C27H34N4O4/c1-18(2)24(30(4)25(33)16-28-17-32)14-19(3)27(35)31-13-7-10-23(31)26(34)29-22-12-11-20-8-5-6-9-21(20)15-22/h5-6,8-9,11-12,14-15,17-18,23-24H,7,10,13,16H2,1-4H3,(H,28,32)(H,29,34)/b19-14+/t23-,24+/m0/s1. The predicted octanol–water partition coefficient (Wildman–Crippen LogP) is 2.94. The summed E-state index contributed by atoms with van der Waals surface area (Å²) in [6.07, 6.45) is 3.61. The lowest BCUT2D eigenvalue weighted by Crippen LogP contribution is -2.45. The van der Waals surface area contributed by atoms with Gasteiger partial charge in [0.2, 0.25) is 24.1 Å². The monoisotopic (exact) mass is 478 g/mol. The van der Waals surface area contributed by atoms with Gasteiger partial charge in [-0.25, -0.2) is 0 Å². The molecule has 2 N–H and O–H groups in total. The zero-order chi connectivity index (χ0) is 25.5. The molecule has 8 heteroatoms. The van der Waals surface area contributed by atoms with Crippen molar-refractivity contribution >= 4 is 40.6 Å². The minimum Gasteiger partial charge on any atom is -0.350 e. The van der Waals surface area contributed by atoms with Crippen LogP contribution in [0.3, 0.4) is 0 Å². The Morgan fingerprint density at radius 1 is 1.14 bits per heavy atom. The van der Waals surface area contributed by atoms with Crippen molar-refractivity contribution in [1.29, 1.82) is 0 Å². The molecule has 1 aliphatic heterocycles. The average Bonchev–Trinajstić information content (AvgIpc) is 3.34. The van der Waals surface area contributed by atoms with Crippen LogP contribution in [0.4, 0.5) is 5.69 Å². The molecule has 186 valence electrons. The van der Waals surface area contributed by atoms with Crippen molar-refractivity contribution in [3.63, 3.8) is 0 Å². The molecule has 0 spiro atoms. The van der Waals surface area contributed by atoms with Crippen molar-refractivity contribution < 1.29 is 19.2 Å². The molecule has 2 atom stereocenters. The fourth-order valence-electron chi connectivity index (χ4n) is 4.50. The minimum atomic E-state index is -0.550. The number of hydrogen-bond donors (Lipinski definition) is 2. The number of rotatable bonds is 9. The van der Waals surface area contributed by atoms with E-state index < -0.39 is 6.04 Å². The Morgan fingerprint density at radius 2 is 1.86 bits per heavy atom. The molecule has 1 fully saturated rings. The van der Waals surface area contributed by atoms with Crippen molar-refractivity contribution in [1.82, 2.24) is 15.1 Å². The SMILES string of the molecule is C/C(=C\[C@H](C(C)C)N(C)C(=O)CNC=O)C(=O)N1CCC[C@H]1C(=O)Nc1ccc2ccccc2c1. The molecule has 0 radical (unpaired) electrons. The second-order valence-corrected chi connectivity index (χ2v) is 9.30. The minimum absolute atomic E-state index is 0.0495. The quantitative estimate of drug-likeness (QED) is 0.428. The van der Waals surface area contributed by atoms with E-state index >= 15 is 0 Å². The van der Waals surface area contributed by atoms with Crippen LogP contribution in [0.5, 0.6) is 0 Å². The molecule has 1 heterocycles. The molecule has 1 saturated heterocycles. The first-order valence-electron chi connectivity index (χ1n) is 11.9. The first-order valence-corrected chi connectivity index (χ1v) is 11.9. The van der Waals surface area contributed by atoms with Gasteiger partial charge in [-0.3, -0.25) is 19.2 Å². The van der Waals surface area contributed by atoms with Gasteiger partial charge in [0, 0.05) is 24.9 Å². The highest BCUT2D eigenvalue weighted by molar-refractivity contribution is 6.02. The average molecular weight is 479 g/mol. The van der Waals surface area contributed by atoms with Crippen molar-refractivity contribution in [3.05, 3.63) is 54.1 Å². The summed E-state index contributed by atoms with van der Waals surface area (Å²) >= 11 is 0. The van der Waals surface area contributed by atoms with Crippen LogP contribution in [0, 0.1) is 5.92 Å². The van der Waals surface area contributed by atoms with Crippen LogP contribution in [-0.4, -0.2) is 66.2 Å². The van der Waals surface area contributed by atoms with Gasteiger partial charge < -0.3 is 20.4 Å². The molecule has 0 aromatic heterocycles. The van der Waals surface area contributed by atoms with Gasteiger partial charge in [-0.2, -0.15) is 0 Å². The summed E-state index contributed by atoms with van der Waals surface area (Å²) in [6, 6.07) is 12.8. The van der Waals surface area contributed by atoms with Crippen molar-refractivity contribution in [2.75, 3.05) is 25.5 Å². The lowest BCUT2D eigenvalue weighted by molar-refractivity contribution is -0.133. The summed E-state index contributed by atoms with van der Waals surface area (Å²) < 4.78 is 0. The van der Waals surface area contributed by atoms with Gasteiger partial charge in [0.1, 0.15) is 6.04 Å². The largest absolute Gasteiger partial charge is 0.350 e. The third kappa shape index (κ3) is 6.26. The van der Waals surface area contributed by atoms with Crippen LogP contribution in [0.15, 0.2) is 54.1 Å². The van der Waals surface area contributed by atoms with Gasteiger partial charge in [0.05, 0.1) is 12.6 Å². The zero-order valence-corrected chi connectivity index (χ0v) is 20.8. The maximum atomic E-state index is 13.3. The smallest absolute Gasteiger partial charge is 0.249 e. The highest BCUT2D eigenvalue weighted by atomic mass is 16.2. The number of nitrogens with zero attached hydrogens (tertiary/aromatic N) is 2. The molecule has 8 nitrogen and oxygen atoms in total. The first kappa shape index (κ1) is 25.9. The molecule has 3 rings (SSSR count). The van der Waals surface area contributed by atoms with Crippen molar-refractivity contribution in [2.24, 2.45) is 5.92 Å². The predicted molar refractivity (Wildman–Crippen MR) is 137 cm³/mol. The molecule has 0 unspecified atom stereocenters. The van der Waals surface area contributed by atoms with E-state index in [1.54, 1.807) is 24.9 Å². The number of carbonyl (C=O) groups is 4. The van der Waals surface area contributed by atoms with Crippen LogP contribution in [-0.2, 0) is 19.2 Å². The van der Waals surface area contributed by atoms with E-state index in [-0.39, 0.29) is 36.2 Å². The Morgan fingerprint density at radius 3 is 2.54 bits per heavy atom. The van der Waals surface area contributed by atoms with Crippen LogP contribution in [0.25, 0.3) is 10.8 Å². The van der Waals surface area contributed by atoms with Crippen molar-refractivity contribution in [2.45, 2.75) is 45.7 Å². The molecular weight excluding hydrogens is 444 g/mol. The number of likely N-dealkylation sites (tertiary alicyclic amines) is 1. The number of fused-ring (bicyclic) bond motifs is 1. The summed E-state index contributed by atoms with van der Waals surface area (Å²) in [5, 5.41) is 7.47. The number of likely N-dealkylation sites (N-methyl/N-ethyl adjacent to an activating group) is 1. The number of hydrogen-bond acceptors (Lipinski definition) is 4. The fourth-order valence-corrected chi connectivity index (χ4v) is 4.50. The number of anilines is 1. The molecule has 2 aromatic rings. The second kappa shape index (κ2) is 11.6. The van der Waals surface area contributed by atoms with Gasteiger partial charge in [0.15, 0.2) is 0 Å². The van der Waals surface area contributed by atoms with Crippen LogP contribution in [0.1, 0.15) is 33.6 Å². The highest BCUT2D eigenvalue weighted by Gasteiger charge is 2.35. The van der Waals surface area contributed by atoms with E-state index in [1.807, 2.05) is 56.3 Å². The van der Waals surface area contributed by atoms with E-state index in [4.69, 9.17) is 0 Å². The fraction of sp³-hybridized carbons (Fsp3) is 0.407. The Labute approximate surface area is 206 Å². The number of benzene rings is 2. The van der Waals surface area contributed by atoms with E-state index in [0.717, 1.165) is 17.2 Å². The Hall–Kier alpha value is -3.68. The Bertz CT molecular complexity index is 1130. The molecule has 0 saturated carbocycles. The Balaban J connectivity index is 1.72. The number of amides is 4. The number of nitrogens with one attached hydrogen (secondary N) is 2. The van der Waals surface area contributed by atoms with Gasteiger partial charge in [-0.15, -0.1) is 0 Å². The topological polar surface area (TPSA) is 98.8 Å². The summed E-state index contributed by atoms with van der Waals surface area (Å²) in [6.45, 7) is 6.05. The molecule has 1 aliphatic rings. The lowest BCUT2D eigenvalue weighted by Gasteiger charge is -2.30. The summed E-state index contributed by atoms with van der Waals surface area (Å²) in [5.74, 6) is -0.611. The molecule has 35 heavy (non-hydrogen) atoms. The second-order valence-electron chi connectivity index (χ2n) is 9.30. The van der Waals surface area contributed by atoms with E-state index in [2.05, 4.69) is 10.6 Å². The zero-order valence-electron chi connectivity index (χ0n) is 20.8. The summed E-state index contributed by atoms with van der Waals surface area (Å²) in [4.78, 5) is 52.5. The van der Waals surface area contributed by atoms with Gasteiger partial charge in [-0.1, -0.05) is 50.3 Å². The van der Waals surface area contributed by atoms with Crippen molar-refractivity contribution in [3.8, 4) is 0 Å². The molecule has 0 bridgehead atoms. The maximum Gasteiger partial charge on any atom is 0.249 e. The summed E-state index contributed by atoms with van der Waals surface area (Å²) in [7, 11) is 1.66. The summed E-state index contributed by atoms with van der Waals surface area (Å²) in [5.41, 5.74) is 1.18. The van der Waals surface area contributed by atoms with E-state index in [1.165, 1.54) is 4.90 Å². The highest BCUT2D eigenvalue weighted by Crippen LogP contribution is 2.24. The first-order chi connectivity index (χ1) is 16.7. The maximum absolute atomic E-state index is 13.3. The van der Waals surface area contributed by atoms with E-state index in [0.29, 0.717) is 30.6 Å². The van der Waals surface area contributed by atoms with Gasteiger partial charge in [-0.05, 0) is 48.6 Å². The van der Waals surface area contributed by atoms with Gasteiger partial charge >= 0.3 is 0 Å². The van der Waals surface area contributed by atoms with Crippen LogP contribution < -0.4 is 10.6 Å². The molecule has 2 aromatic carbocycles. The van der Waals surface area contributed by atoms with Gasteiger partial charge in [0.25, 0.3) is 0 Å². The lowest BCUT2D eigenvalue weighted by atomic mass is 9.99. The Kier molecular flexibility index (Phi) is 8.63. The van der Waals surface area contributed by atoms with E-state index in [9.17, 15) is 19.2 Å². The third-order valence-corrected chi connectivity index (χ3v) is 6.45. The van der Waals surface area contributed by atoms with Crippen LogP contribution >= 0.6 is 0 Å². The molecular formula is C27H34N4O4. The molecule has 0 aliphatic carbocycles. The normalized spacial score (nSPS) is 16.8. The molecule has 4 amide bonds. The van der Waals surface area contributed by atoms with Crippen LogP contribution in [0.2, 0.25) is 0 Å².